The highest BCUT2D eigenvalue weighted by molar-refractivity contribution is 6.10. The molecule has 4 fully saturated rings. The van der Waals surface area contributed by atoms with E-state index in [1.165, 1.54) is 22.3 Å². The summed E-state index contributed by atoms with van der Waals surface area (Å²) >= 11 is 0. The first-order chi connectivity index (χ1) is 15.3. The molecule has 0 bridgehead atoms. The van der Waals surface area contributed by atoms with Gasteiger partial charge in [-0.05, 0) is 40.5 Å². The summed E-state index contributed by atoms with van der Waals surface area (Å²) in [6, 6.07) is 12.1. The predicted octanol–water partition coefficient (Wildman–Crippen LogP) is 2.52. The average molecular weight is 418 g/mol. The van der Waals surface area contributed by atoms with Gasteiger partial charge in [-0.3, -0.25) is 0 Å². The highest BCUT2D eigenvalue weighted by atomic mass is 16.6. The molecule has 0 aliphatic carbocycles. The third kappa shape index (κ3) is 4.49. The van der Waals surface area contributed by atoms with Gasteiger partial charge >= 0.3 is 5.71 Å². The van der Waals surface area contributed by atoms with Gasteiger partial charge in [0, 0.05) is 25.7 Å². The summed E-state index contributed by atoms with van der Waals surface area (Å²) < 4.78 is 22.5. The fourth-order valence-corrected chi connectivity index (χ4v) is 4.55. The van der Waals surface area contributed by atoms with Crippen LogP contribution in [-0.2, 0) is 44.6 Å². The molecule has 6 nitrogen and oxygen atoms in total. The fraction of sp³-hybridized carbons (Fsp3) is 0.480. The number of hydrogen-bond donors (Lipinski definition) is 0. The Morgan fingerprint density at radius 1 is 0.742 bits per heavy atom. The Hall–Kier alpha value is -2.34. The number of rotatable bonds is 10. The molecule has 6 heteroatoms. The van der Waals surface area contributed by atoms with Crippen molar-refractivity contribution in [2.24, 2.45) is 0 Å². The van der Waals surface area contributed by atoms with Gasteiger partial charge in [-0.2, -0.15) is 4.79 Å². The molecule has 4 unspecified atom stereocenters. The summed E-state index contributed by atoms with van der Waals surface area (Å²) in [7, 11) is 0. The van der Waals surface area contributed by atoms with Gasteiger partial charge < -0.3 is 24.5 Å². The van der Waals surface area contributed by atoms with Crippen LogP contribution < -0.4 is 0 Å². The number of ether oxygens (including phenoxy) is 4. The van der Waals surface area contributed by atoms with Gasteiger partial charge in [-0.25, -0.2) is 0 Å². The molecule has 4 aliphatic heterocycles. The van der Waals surface area contributed by atoms with E-state index in [-0.39, 0.29) is 18.3 Å². The van der Waals surface area contributed by atoms with Crippen LogP contribution in [0.25, 0.3) is 5.53 Å². The van der Waals surface area contributed by atoms with Crippen LogP contribution in [0.15, 0.2) is 36.4 Å². The Balaban J connectivity index is 1.52. The lowest BCUT2D eigenvalue weighted by Crippen LogP contribution is -2.19. The largest absolute Gasteiger partial charge is 0.373 e. The number of benzene rings is 2. The first-order valence-corrected chi connectivity index (χ1v) is 11.2. The maximum Gasteiger partial charge on any atom is 0.329 e. The van der Waals surface area contributed by atoms with Crippen molar-refractivity contribution < 1.29 is 23.7 Å². The molecule has 0 aromatic heterocycles. The summed E-state index contributed by atoms with van der Waals surface area (Å²) in [5, 5.41) is 0. The monoisotopic (exact) mass is 418 g/mol. The van der Waals surface area contributed by atoms with Crippen molar-refractivity contribution in [2.75, 3.05) is 26.4 Å². The van der Waals surface area contributed by atoms with E-state index in [9.17, 15) is 5.53 Å². The van der Waals surface area contributed by atoms with Crippen LogP contribution >= 0.6 is 0 Å². The summed E-state index contributed by atoms with van der Waals surface area (Å²) in [4.78, 5) is 3.78. The molecule has 4 saturated heterocycles. The third-order valence-electron chi connectivity index (χ3n) is 6.51. The van der Waals surface area contributed by atoms with Gasteiger partial charge in [-0.15, -0.1) is 0 Å². The first kappa shape index (κ1) is 19.4. The number of nitrogens with zero attached hydrogens (tertiary/aromatic N) is 2. The lowest BCUT2D eigenvalue weighted by atomic mass is 9.82. The van der Waals surface area contributed by atoms with E-state index in [4.69, 9.17) is 18.9 Å². The Bertz CT molecular complexity index is 1030. The van der Waals surface area contributed by atoms with E-state index < -0.39 is 0 Å². The van der Waals surface area contributed by atoms with Crippen LogP contribution in [0.1, 0.15) is 33.4 Å². The van der Waals surface area contributed by atoms with Crippen LogP contribution in [0.2, 0.25) is 0 Å². The second-order valence-electron chi connectivity index (χ2n) is 8.97. The van der Waals surface area contributed by atoms with Crippen LogP contribution in [0.4, 0.5) is 0 Å². The van der Waals surface area contributed by atoms with E-state index in [1.54, 1.807) is 0 Å². The van der Waals surface area contributed by atoms with Crippen LogP contribution in [0, 0.1) is 0 Å². The van der Waals surface area contributed by atoms with E-state index in [2.05, 4.69) is 10.9 Å². The van der Waals surface area contributed by atoms with Gasteiger partial charge in [0.1, 0.15) is 0 Å². The molecule has 160 valence electrons. The van der Waals surface area contributed by atoms with Crippen molar-refractivity contribution >= 4 is 5.71 Å². The second kappa shape index (κ2) is 7.97. The molecular weight excluding hydrogens is 392 g/mol. The highest BCUT2D eigenvalue weighted by Gasteiger charge is 2.36. The lowest BCUT2D eigenvalue weighted by molar-refractivity contribution is -0.00287. The van der Waals surface area contributed by atoms with Crippen molar-refractivity contribution in [1.82, 2.24) is 0 Å². The zero-order valence-corrected chi connectivity index (χ0v) is 17.5. The van der Waals surface area contributed by atoms with E-state index in [1.807, 2.05) is 30.3 Å². The molecule has 6 rings (SSSR count). The van der Waals surface area contributed by atoms with E-state index in [0.717, 1.165) is 63.2 Å². The van der Waals surface area contributed by atoms with Crippen LogP contribution in [-0.4, -0.2) is 61.3 Å². The smallest absolute Gasteiger partial charge is 0.329 e. The molecule has 0 N–H and O–H groups in total. The van der Waals surface area contributed by atoms with Gasteiger partial charge in [0.05, 0.1) is 62.0 Å². The van der Waals surface area contributed by atoms with Crippen molar-refractivity contribution in [3.05, 3.63) is 75.3 Å². The SMILES string of the molecule is [N-]=[N+]=C(c1ccccc1)c1cc(CC2CO2)c(CC2CO2)c(CC2CO2)c1CC1CO1. The highest BCUT2D eigenvalue weighted by Crippen LogP contribution is 2.35. The molecule has 31 heavy (non-hydrogen) atoms. The predicted molar refractivity (Wildman–Crippen MR) is 113 cm³/mol. The average Bonchev–Trinajstić information content (AvgIpc) is 3.62. The zero-order chi connectivity index (χ0) is 20.8. The second-order valence-corrected chi connectivity index (χ2v) is 8.97. The Morgan fingerprint density at radius 3 is 1.81 bits per heavy atom. The van der Waals surface area contributed by atoms with Gasteiger partial charge in [-0.1, -0.05) is 18.2 Å². The van der Waals surface area contributed by atoms with Crippen LogP contribution in [0.3, 0.4) is 0 Å². The maximum absolute atomic E-state index is 10.1. The van der Waals surface area contributed by atoms with Crippen molar-refractivity contribution in [2.45, 2.75) is 50.1 Å². The van der Waals surface area contributed by atoms with Crippen LogP contribution in [0.5, 0.6) is 0 Å². The van der Waals surface area contributed by atoms with Crippen molar-refractivity contribution in [3.63, 3.8) is 0 Å². The standard InChI is InChI=1S/C25H26N2O4/c26-27-25(15-4-2-1-3-5-15)24-7-16(6-17-11-28-17)21(8-18-12-29-18)22(9-19-13-30-19)23(24)10-20-14-31-20/h1-5,7,17-20H,6,8-14H2. The lowest BCUT2D eigenvalue weighted by Gasteiger charge is -2.21. The van der Waals surface area contributed by atoms with Gasteiger partial charge in [0.25, 0.3) is 0 Å². The van der Waals surface area contributed by atoms with Gasteiger partial charge in [0.15, 0.2) is 0 Å². The summed E-state index contributed by atoms with van der Waals surface area (Å²) in [5.74, 6) is 0. The molecule has 4 atom stereocenters. The van der Waals surface area contributed by atoms with E-state index >= 15 is 0 Å². The molecule has 0 amide bonds. The quantitative estimate of drug-likeness (QED) is 0.257. The summed E-state index contributed by atoms with van der Waals surface area (Å²) in [6.45, 7) is 3.24. The van der Waals surface area contributed by atoms with E-state index in [0.29, 0.717) is 11.8 Å². The van der Waals surface area contributed by atoms with Gasteiger partial charge in [0.2, 0.25) is 0 Å². The Labute approximate surface area is 181 Å². The first-order valence-electron chi connectivity index (χ1n) is 11.2. The molecule has 0 spiro atoms. The maximum atomic E-state index is 10.1. The molecular formula is C25H26N2O4. The summed E-state index contributed by atoms with van der Waals surface area (Å²) in [5.41, 5.74) is 17.8. The van der Waals surface area contributed by atoms with Crippen molar-refractivity contribution in [1.29, 1.82) is 0 Å². The Morgan fingerprint density at radius 2 is 1.26 bits per heavy atom. The normalized spacial score (nSPS) is 27.5. The zero-order valence-electron chi connectivity index (χ0n) is 17.5. The fourth-order valence-electron chi connectivity index (χ4n) is 4.55. The number of epoxide rings is 4. The molecule has 2 aromatic rings. The minimum atomic E-state index is 0.232. The molecule has 0 saturated carbocycles. The minimum Gasteiger partial charge on any atom is -0.373 e. The molecule has 0 radical (unpaired) electrons. The molecule has 4 heterocycles. The molecule has 2 aromatic carbocycles. The molecule has 4 aliphatic rings. The third-order valence-corrected chi connectivity index (χ3v) is 6.51. The summed E-state index contributed by atoms with van der Waals surface area (Å²) in [6.07, 6.45) is 4.57. The Kier molecular flexibility index (Phi) is 4.98. The van der Waals surface area contributed by atoms with Crippen molar-refractivity contribution in [3.8, 4) is 0 Å². The minimum absolute atomic E-state index is 0.232. The topological polar surface area (TPSA) is 86.5 Å². The number of hydrogen-bond acceptors (Lipinski definition) is 4.